The van der Waals surface area contributed by atoms with Crippen LogP contribution in [0.25, 0.3) is 0 Å². The molecular formula is C13H11ClFNO3. The van der Waals surface area contributed by atoms with Crippen LogP contribution >= 0.6 is 11.6 Å². The molecule has 1 N–H and O–H groups in total. The third kappa shape index (κ3) is 3.26. The van der Waals surface area contributed by atoms with Crippen LogP contribution in [0.4, 0.5) is 10.1 Å². The molecule has 19 heavy (non-hydrogen) atoms. The number of benzene rings is 1. The van der Waals surface area contributed by atoms with Gasteiger partial charge in [-0.25, -0.2) is 9.18 Å². The van der Waals surface area contributed by atoms with Crippen LogP contribution in [-0.2, 0) is 11.3 Å². The first-order chi connectivity index (χ1) is 9.10. The topological polar surface area (TPSA) is 51.5 Å². The first-order valence-electron chi connectivity index (χ1n) is 5.45. The second-order valence-corrected chi connectivity index (χ2v) is 4.18. The van der Waals surface area contributed by atoms with Crippen molar-refractivity contribution < 1.29 is 18.3 Å². The van der Waals surface area contributed by atoms with Gasteiger partial charge in [-0.15, -0.1) is 0 Å². The van der Waals surface area contributed by atoms with E-state index in [1.165, 1.54) is 25.5 Å². The van der Waals surface area contributed by atoms with E-state index in [-0.39, 0.29) is 5.02 Å². The second-order valence-electron chi connectivity index (χ2n) is 3.78. The van der Waals surface area contributed by atoms with Crippen molar-refractivity contribution in [3.8, 4) is 0 Å². The fourth-order valence-corrected chi connectivity index (χ4v) is 1.67. The molecule has 0 fully saturated rings. The van der Waals surface area contributed by atoms with Crippen molar-refractivity contribution in [3.05, 3.63) is 52.7 Å². The maximum Gasteiger partial charge on any atom is 0.341 e. The van der Waals surface area contributed by atoms with Crippen molar-refractivity contribution in [1.29, 1.82) is 0 Å². The Bertz CT molecular complexity index is 597. The highest BCUT2D eigenvalue weighted by Crippen LogP contribution is 2.20. The number of carbonyl (C=O) groups excluding carboxylic acids is 1. The van der Waals surface area contributed by atoms with Crippen LogP contribution in [0.2, 0.25) is 5.02 Å². The molecule has 1 aromatic carbocycles. The molecular weight excluding hydrogens is 273 g/mol. The summed E-state index contributed by atoms with van der Waals surface area (Å²) in [5.74, 6) is -0.376. The first-order valence-corrected chi connectivity index (χ1v) is 5.82. The Morgan fingerprint density at radius 3 is 2.95 bits per heavy atom. The molecule has 0 radical (unpaired) electrons. The Morgan fingerprint density at radius 2 is 2.26 bits per heavy atom. The number of halogens is 2. The second kappa shape index (κ2) is 5.75. The summed E-state index contributed by atoms with van der Waals surface area (Å²) < 4.78 is 22.7. The van der Waals surface area contributed by atoms with E-state index in [9.17, 15) is 9.18 Å². The monoisotopic (exact) mass is 283 g/mol. The van der Waals surface area contributed by atoms with Crippen LogP contribution in [0.15, 0.2) is 34.9 Å². The molecule has 100 valence electrons. The molecule has 0 spiro atoms. The fourth-order valence-electron chi connectivity index (χ4n) is 1.49. The van der Waals surface area contributed by atoms with Gasteiger partial charge in [0.25, 0.3) is 0 Å². The van der Waals surface area contributed by atoms with Crippen molar-refractivity contribution in [1.82, 2.24) is 0 Å². The lowest BCUT2D eigenvalue weighted by molar-refractivity contribution is 0.0600. The van der Waals surface area contributed by atoms with Crippen LogP contribution < -0.4 is 5.32 Å². The average molecular weight is 284 g/mol. The van der Waals surface area contributed by atoms with Gasteiger partial charge in [-0.1, -0.05) is 11.6 Å². The Kier molecular flexibility index (Phi) is 4.06. The lowest BCUT2D eigenvalue weighted by atomic mass is 10.3. The van der Waals surface area contributed by atoms with Crippen LogP contribution in [-0.4, -0.2) is 13.1 Å². The van der Waals surface area contributed by atoms with Gasteiger partial charge in [0.2, 0.25) is 0 Å². The zero-order valence-corrected chi connectivity index (χ0v) is 10.8. The molecule has 0 aliphatic heterocycles. The lowest BCUT2D eigenvalue weighted by Crippen LogP contribution is -2.00. The van der Waals surface area contributed by atoms with E-state index in [4.69, 9.17) is 16.0 Å². The number of ether oxygens (including phenoxy) is 1. The number of carbonyl (C=O) groups is 1. The Balaban J connectivity index is 2.00. The van der Waals surface area contributed by atoms with Gasteiger partial charge in [0, 0.05) is 5.69 Å². The summed E-state index contributed by atoms with van der Waals surface area (Å²) in [6, 6.07) is 5.88. The molecule has 1 aromatic heterocycles. The molecule has 0 bridgehead atoms. The molecule has 0 aliphatic rings. The SMILES string of the molecule is COC(=O)c1coc(CNc2ccc(F)c(Cl)c2)c1. The van der Waals surface area contributed by atoms with E-state index < -0.39 is 11.8 Å². The molecule has 2 aromatic rings. The molecule has 4 nitrogen and oxygen atoms in total. The van der Waals surface area contributed by atoms with E-state index in [2.05, 4.69) is 10.1 Å². The molecule has 0 unspecified atom stereocenters. The van der Waals surface area contributed by atoms with Gasteiger partial charge in [0.05, 0.1) is 24.2 Å². The van der Waals surface area contributed by atoms with Gasteiger partial charge in [-0.05, 0) is 24.3 Å². The Labute approximate surface area is 114 Å². The number of furan rings is 1. The highest BCUT2D eigenvalue weighted by molar-refractivity contribution is 6.31. The van der Waals surface area contributed by atoms with Crippen molar-refractivity contribution >= 4 is 23.3 Å². The lowest BCUT2D eigenvalue weighted by Gasteiger charge is -2.04. The van der Waals surface area contributed by atoms with Gasteiger partial charge in [-0.2, -0.15) is 0 Å². The van der Waals surface area contributed by atoms with Gasteiger partial charge in [0.15, 0.2) is 0 Å². The number of rotatable bonds is 4. The zero-order valence-electron chi connectivity index (χ0n) is 10.1. The summed E-state index contributed by atoms with van der Waals surface area (Å²) >= 11 is 5.66. The van der Waals surface area contributed by atoms with Gasteiger partial charge >= 0.3 is 5.97 Å². The third-order valence-electron chi connectivity index (χ3n) is 2.46. The minimum absolute atomic E-state index is 0.0414. The zero-order chi connectivity index (χ0) is 13.8. The predicted molar refractivity (Wildman–Crippen MR) is 68.8 cm³/mol. The normalized spacial score (nSPS) is 10.3. The minimum Gasteiger partial charge on any atom is -0.467 e. The van der Waals surface area contributed by atoms with Crippen molar-refractivity contribution in [2.24, 2.45) is 0 Å². The highest BCUT2D eigenvalue weighted by atomic mass is 35.5. The maximum atomic E-state index is 13.0. The summed E-state index contributed by atoms with van der Waals surface area (Å²) in [4.78, 5) is 11.2. The number of hydrogen-bond acceptors (Lipinski definition) is 4. The van der Waals surface area contributed by atoms with Crippen LogP contribution in [0.5, 0.6) is 0 Å². The smallest absolute Gasteiger partial charge is 0.341 e. The number of hydrogen-bond donors (Lipinski definition) is 1. The van der Waals surface area contributed by atoms with Crippen molar-refractivity contribution in [2.45, 2.75) is 6.54 Å². The Morgan fingerprint density at radius 1 is 1.47 bits per heavy atom. The number of esters is 1. The first kappa shape index (κ1) is 13.4. The van der Waals surface area contributed by atoms with E-state index in [1.807, 2.05) is 0 Å². The van der Waals surface area contributed by atoms with Gasteiger partial charge in [0.1, 0.15) is 17.8 Å². The van der Waals surface area contributed by atoms with Crippen LogP contribution in [0.1, 0.15) is 16.1 Å². The molecule has 0 aliphatic carbocycles. The fraction of sp³-hybridized carbons (Fsp3) is 0.154. The molecule has 2 rings (SSSR count). The van der Waals surface area contributed by atoms with E-state index >= 15 is 0 Å². The summed E-state index contributed by atoms with van der Waals surface area (Å²) in [5, 5.41) is 3.04. The summed E-state index contributed by atoms with van der Waals surface area (Å²) in [5.41, 5.74) is 0.999. The summed E-state index contributed by atoms with van der Waals surface area (Å²) in [6.07, 6.45) is 1.32. The van der Waals surface area contributed by atoms with Gasteiger partial charge < -0.3 is 14.5 Å². The number of anilines is 1. The largest absolute Gasteiger partial charge is 0.467 e. The van der Waals surface area contributed by atoms with E-state index in [0.29, 0.717) is 23.6 Å². The molecule has 0 atom stereocenters. The third-order valence-corrected chi connectivity index (χ3v) is 2.75. The number of nitrogens with one attached hydrogen (secondary N) is 1. The molecule has 0 saturated heterocycles. The Hall–Kier alpha value is -2.01. The van der Waals surface area contributed by atoms with Crippen LogP contribution in [0.3, 0.4) is 0 Å². The minimum atomic E-state index is -0.474. The van der Waals surface area contributed by atoms with E-state index in [0.717, 1.165) is 0 Å². The summed E-state index contributed by atoms with van der Waals surface area (Å²) in [6.45, 7) is 0.346. The van der Waals surface area contributed by atoms with Gasteiger partial charge in [-0.3, -0.25) is 0 Å². The van der Waals surface area contributed by atoms with Crippen molar-refractivity contribution in [2.75, 3.05) is 12.4 Å². The maximum absolute atomic E-state index is 13.0. The van der Waals surface area contributed by atoms with Crippen molar-refractivity contribution in [3.63, 3.8) is 0 Å². The van der Waals surface area contributed by atoms with Crippen LogP contribution in [0, 0.1) is 5.82 Å². The molecule has 1 heterocycles. The summed E-state index contributed by atoms with van der Waals surface area (Å²) in [7, 11) is 1.30. The highest BCUT2D eigenvalue weighted by Gasteiger charge is 2.10. The quantitative estimate of drug-likeness (QED) is 0.873. The standard InChI is InChI=1S/C13H11ClFNO3/c1-18-13(17)8-4-10(19-7-8)6-16-9-2-3-12(15)11(14)5-9/h2-5,7,16H,6H2,1H3. The molecule has 0 amide bonds. The number of methoxy groups -OCH3 is 1. The molecule has 6 heteroatoms. The molecule has 0 saturated carbocycles. The van der Waals surface area contributed by atoms with E-state index in [1.54, 1.807) is 12.1 Å². The average Bonchev–Trinajstić information content (AvgIpc) is 2.88. The predicted octanol–water partition coefficient (Wildman–Crippen LogP) is 3.47.